The number of amides is 1. The average Bonchev–Trinajstić information content (AvgIpc) is 2.50. The van der Waals surface area contributed by atoms with E-state index in [1.54, 1.807) is 12.1 Å². The molecule has 2 atom stereocenters. The average molecular weight is 313 g/mol. The Bertz CT molecular complexity index is 440. The van der Waals surface area contributed by atoms with Crippen LogP contribution in [0.1, 0.15) is 39.5 Å². The quantitative estimate of drug-likeness (QED) is 0.736. The second-order valence-corrected chi connectivity index (χ2v) is 5.44. The summed E-state index contributed by atoms with van der Waals surface area (Å²) in [5.74, 6) is 0.392. The summed E-state index contributed by atoms with van der Waals surface area (Å²) < 4.78 is 5.72. The number of nitrogens with two attached hydrogens (primary N) is 1. The molecule has 1 aromatic carbocycles. The Morgan fingerprint density at radius 1 is 1.38 bits per heavy atom. The number of benzene rings is 1. The highest BCUT2D eigenvalue weighted by atomic mass is 35.5. The number of carbonyl (C=O) groups is 1. The number of nitrogens with one attached hydrogen (secondary N) is 1. The van der Waals surface area contributed by atoms with Gasteiger partial charge in [-0.3, -0.25) is 4.79 Å². The van der Waals surface area contributed by atoms with Gasteiger partial charge in [0, 0.05) is 12.6 Å². The number of ether oxygens (including phenoxy) is 1. The number of halogens is 1. The number of carbonyl (C=O) groups excluding carboxylic acids is 1. The van der Waals surface area contributed by atoms with Crippen LogP contribution in [0.2, 0.25) is 5.02 Å². The van der Waals surface area contributed by atoms with Crippen molar-refractivity contribution in [3.8, 4) is 5.75 Å². The zero-order valence-electron chi connectivity index (χ0n) is 12.8. The maximum absolute atomic E-state index is 12.3. The summed E-state index contributed by atoms with van der Waals surface area (Å²) in [7, 11) is 0. The molecule has 0 radical (unpaired) electrons. The van der Waals surface area contributed by atoms with Crippen LogP contribution >= 0.6 is 11.6 Å². The van der Waals surface area contributed by atoms with Crippen molar-refractivity contribution < 1.29 is 9.53 Å². The zero-order chi connectivity index (χ0) is 15.7. The molecule has 5 heteroatoms. The first-order valence-electron chi connectivity index (χ1n) is 7.53. The maximum Gasteiger partial charge on any atom is 0.261 e. The Hall–Kier alpha value is -1.26. The lowest BCUT2D eigenvalue weighted by atomic mass is 10.1. The highest BCUT2D eigenvalue weighted by Crippen LogP contribution is 2.24. The maximum atomic E-state index is 12.3. The van der Waals surface area contributed by atoms with Crippen LogP contribution in [0, 0.1) is 0 Å². The van der Waals surface area contributed by atoms with Gasteiger partial charge in [0.05, 0.1) is 5.02 Å². The molecule has 1 amide bonds. The van der Waals surface area contributed by atoms with Crippen LogP contribution in [0.4, 0.5) is 0 Å². The van der Waals surface area contributed by atoms with Gasteiger partial charge in [0.2, 0.25) is 0 Å². The van der Waals surface area contributed by atoms with E-state index in [2.05, 4.69) is 12.2 Å². The third-order valence-electron chi connectivity index (χ3n) is 3.31. The molecule has 0 aliphatic rings. The van der Waals surface area contributed by atoms with Gasteiger partial charge in [-0.15, -0.1) is 0 Å². The smallest absolute Gasteiger partial charge is 0.261 e. The molecule has 118 valence electrons. The molecule has 0 bridgehead atoms. The molecule has 0 aliphatic heterocycles. The molecular weight excluding hydrogens is 288 g/mol. The zero-order valence-corrected chi connectivity index (χ0v) is 13.5. The van der Waals surface area contributed by atoms with E-state index in [4.69, 9.17) is 22.1 Å². The minimum Gasteiger partial charge on any atom is -0.479 e. The van der Waals surface area contributed by atoms with Crippen molar-refractivity contribution >= 4 is 17.5 Å². The molecule has 1 rings (SSSR count). The van der Waals surface area contributed by atoms with Crippen molar-refractivity contribution in [1.82, 2.24) is 5.32 Å². The first-order chi connectivity index (χ1) is 10.1. The lowest BCUT2D eigenvalue weighted by molar-refractivity contribution is -0.128. The first-order valence-corrected chi connectivity index (χ1v) is 7.91. The number of rotatable bonds is 9. The normalized spacial score (nSPS) is 13.5. The van der Waals surface area contributed by atoms with E-state index in [1.807, 2.05) is 19.1 Å². The molecule has 4 nitrogen and oxygen atoms in total. The van der Waals surface area contributed by atoms with Gasteiger partial charge in [0.1, 0.15) is 5.75 Å². The molecule has 0 saturated heterocycles. The molecule has 21 heavy (non-hydrogen) atoms. The van der Waals surface area contributed by atoms with Crippen molar-refractivity contribution in [2.24, 2.45) is 5.73 Å². The fourth-order valence-corrected chi connectivity index (χ4v) is 2.19. The van der Waals surface area contributed by atoms with Gasteiger partial charge in [0.25, 0.3) is 5.91 Å². The lowest BCUT2D eigenvalue weighted by Crippen LogP contribution is -2.46. The van der Waals surface area contributed by atoms with Gasteiger partial charge < -0.3 is 15.8 Å². The second-order valence-electron chi connectivity index (χ2n) is 5.03. The Labute approximate surface area is 132 Å². The topological polar surface area (TPSA) is 64.3 Å². The highest BCUT2D eigenvalue weighted by molar-refractivity contribution is 6.32. The summed E-state index contributed by atoms with van der Waals surface area (Å²) in [6.07, 6.45) is 3.04. The van der Waals surface area contributed by atoms with Crippen molar-refractivity contribution in [3.05, 3.63) is 29.3 Å². The van der Waals surface area contributed by atoms with Gasteiger partial charge >= 0.3 is 0 Å². The van der Waals surface area contributed by atoms with Crippen LogP contribution in [0.3, 0.4) is 0 Å². The Balaban J connectivity index is 2.62. The van der Waals surface area contributed by atoms with Crippen LogP contribution in [0.5, 0.6) is 5.75 Å². The van der Waals surface area contributed by atoms with E-state index in [9.17, 15) is 4.79 Å². The predicted octanol–water partition coefficient (Wildman–Crippen LogP) is 3.13. The standard InChI is InChI=1S/C16H25ClN2O2/c1-3-5-8-12(11-18)19-16(20)14(4-2)21-15-10-7-6-9-13(15)17/h6-7,9-10,12,14H,3-5,8,11,18H2,1-2H3,(H,19,20). The monoisotopic (exact) mass is 312 g/mol. The highest BCUT2D eigenvalue weighted by Gasteiger charge is 2.21. The predicted molar refractivity (Wildman–Crippen MR) is 86.7 cm³/mol. The molecular formula is C16H25ClN2O2. The molecule has 1 aromatic rings. The lowest BCUT2D eigenvalue weighted by Gasteiger charge is -2.22. The van der Waals surface area contributed by atoms with Gasteiger partial charge in [-0.25, -0.2) is 0 Å². The van der Waals surface area contributed by atoms with Crippen LogP contribution in [-0.2, 0) is 4.79 Å². The molecule has 0 saturated carbocycles. The molecule has 0 aliphatic carbocycles. The number of hydrogen-bond donors (Lipinski definition) is 2. The largest absolute Gasteiger partial charge is 0.479 e. The van der Waals surface area contributed by atoms with Crippen LogP contribution in [0.15, 0.2) is 24.3 Å². The number of hydrogen-bond acceptors (Lipinski definition) is 3. The number of unbranched alkanes of at least 4 members (excludes halogenated alkanes) is 1. The fourth-order valence-electron chi connectivity index (χ4n) is 2.01. The van der Waals surface area contributed by atoms with E-state index in [1.165, 1.54) is 0 Å². The molecule has 0 fully saturated rings. The molecule has 0 spiro atoms. The minimum absolute atomic E-state index is 0.00125. The molecule has 3 N–H and O–H groups in total. The summed E-state index contributed by atoms with van der Waals surface area (Å²) in [5.41, 5.74) is 5.70. The third-order valence-corrected chi connectivity index (χ3v) is 3.62. The Morgan fingerprint density at radius 3 is 2.67 bits per heavy atom. The van der Waals surface area contributed by atoms with Crippen LogP contribution < -0.4 is 15.8 Å². The van der Waals surface area contributed by atoms with E-state index in [0.29, 0.717) is 23.7 Å². The number of para-hydroxylation sites is 1. The van der Waals surface area contributed by atoms with Crippen LogP contribution in [-0.4, -0.2) is 24.6 Å². The van der Waals surface area contributed by atoms with E-state index in [-0.39, 0.29) is 11.9 Å². The van der Waals surface area contributed by atoms with Gasteiger partial charge in [0.15, 0.2) is 6.10 Å². The van der Waals surface area contributed by atoms with Gasteiger partial charge in [-0.2, -0.15) is 0 Å². The summed E-state index contributed by atoms with van der Waals surface area (Å²) in [5, 5.41) is 3.46. The summed E-state index contributed by atoms with van der Waals surface area (Å²) >= 11 is 6.05. The first kappa shape index (κ1) is 17.8. The second kappa shape index (κ2) is 9.64. The van der Waals surface area contributed by atoms with E-state index < -0.39 is 6.10 Å². The van der Waals surface area contributed by atoms with E-state index >= 15 is 0 Å². The molecule has 2 unspecified atom stereocenters. The van der Waals surface area contributed by atoms with Crippen molar-refractivity contribution in [1.29, 1.82) is 0 Å². The minimum atomic E-state index is -0.555. The fraction of sp³-hybridized carbons (Fsp3) is 0.562. The van der Waals surface area contributed by atoms with Crippen molar-refractivity contribution in [2.75, 3.05) is 6.54 Å². The Kier molecular flexibility index (Phi) is 8.16. The van der Waals surface area contributed by atoms with Crippen molar-refractivity contribution in [3.63, 3.8) is 0 Å². The SMILES string of the molecule is CCCCC(CN)NC(=O)C(CC)Oc1ccccc1Cl. The van der Waals surface area contributed by atoms with E-state index in [0.717, 1.165) is 19.3 Å². The Morgan fingerprint density at radius 2 is 2.10 bits per heavy atom. The molecule has 0 heterocycles. The summed E-state index contributed by atoms with van der Waals surface area (Å²) in [4.78, 5) is 12.3. The van der Waals surface area contributed by atoms with Crippen molar-refractivity contribution in [2.45, 2.75) is 51.7 Å². The third kappa shape index (κ3) is 5.94. The summed E-state index contributed by atoms with van der Waals surface area (Å²) in [6, 6.07) is 7.16. The van der Waals surface area contributed by atoms with Crippen LogP contribution in [0.25, 0.3) is 0 Å². The summed E-state index contributed by atoms with van der Waals surface area (Å²) in [6.45, 7) is 4.46. The van der Waals surface area contributed by atoms with Gasteiger partial charge in [-0.1, -0.05) is 50.4 Å². The molecule has 0 aromatic heterocycles. The van der Waals surface area contributed by atoms with Gasteiger partial charge in [-0.05, 0) is 25.0 Å².